The van der Waals surface area contributed by atoms with Crippen molar-refractivity contribution < 1.29 is 14.2 Å². The van der Waals surface area contributed by atoms with Crippen molar-refractivity contribution >= 4 is 54.8 Å². The molecule has 21 heavy (non-hydrogen) atoms. The Bertz CT molecular complexity index is 626. The highest BCUT2D eigenvalue weighted by atomic mass is 79.9. The quantitative estimate of drug-likeness (QED) is 0.542. The largest absolute Gasteiger partial charge is 0.493 e. The summed E-state index contributed by atoms with van der Waals surface area (Å²) >= 11 is 14.7. The lowest BCUT2D eigenvalue weighted by Gasteiger charge is -2.18. The minimum atomic E-state index is -0.0546. The molecule has 1 aromatic heterocycles. The molecule has 2 rings (SSSR count). The van der Waals surface area contributed by atoms with Gasteiger partial charge in [-0.25, -0.2) is 0 Å². The first kappa shape index (κ1) is 16.9. The van der Waals surface area contributed by atoms with Gasteiger partial charge < -0.3 is 14.2 Å². The number of halogens is 3. The van der Waals surface area contributed by atoms with E-state index in [-0.39, 0.29) is 4.83 Å². The van der Waals surface area contributed by atoms with E-state index in [1.54, 1.807) is 21.3 Å². The normalized spacial score (nSPS) is 12.1. The number of hydrogen-bond donors (Lipinski definition) is 0. The van der Waals surface area contributed by atoms with Crippen molar-refractivity contribution in [2.45, 2.75) is 4.83 Å². The van der Waals surface area contributed by atoms with Gasteiger partial charge in [-0.3, -0.25) is 0 Å². The van der Waals surface area contributed by atoms with Gasteiger partial charge in [-0.2, -0.15) is 0 Å². The van der Waals surface area contributed by atoms with E-state index in [0.29, 0.717) is 21.6 Å². The van der Waals surface area contributed by atoms with Gasteiger partial charge in [0.1, 0.15) is 4.34 Å². The van der Waals surface area contributed by atoms with Crippen LogP contribution in [0, 0.1) is 0 Å². The highest BCUT2D eigenvalue weighted by Gasteiger charge is 2.23. The fourth-order valence-corrected chi connectivity index (χ4v) is 4.47. The van der Waals surface area contributed by atoms with Crippen LogP contribution in [-0.2, 0) is 0 Å². The fourth-order valence-electron chi connectivity index (χ4n) is 1.97. The van der Waals surface area contributed by atoms with Gasteiger partial charge in [-0.05, 0) is 34.1 Å². The summed E-state index contributed by atoms with van der Waals surface area (Å²) in [7, 11) is 4.79. The summed E-state index contributed by atoms with van der Waals surface area (Å²) in [5, 5.41) is 0. The third-order valence-electron chi connectivity index (χ3n) is 2.92. The minimum absolute atomic E-state index is 0.0546. The Morgan fingerprint density at radius 2 is 1.76 bits per heavy atom. The van der Waals surface area contributed by atoms with Gasteiger partial charge in [0.15, 0.2) is 11.5 Å². The SMILES string of the molecule is COc1ccc(C(Br)c2cc(Br)c(Cl)s2)c(OC)c1OC. The zero-order valence-corrected chi connectivity index (χ0v) is 16.3. The highest BCUT2D eigenvalue weighted by molar-refractivity contribution is 9.10. The molecule has 0 N–H and O–H groups in total. The standard InChI is InChI=1S/C14H13Br2ClO3S/c1-18-9-5-4-7(12(19-2)13(9)20-3)11(16)10-6-8(15)14(17)21-10/h4-6,11H,1-3H3. The van der Waals surface area contributed by atoms with E-state index in [1.807, 2.05) is 18.2 Å². The van der Waals surface area contributed by atoms with Crippen molar-refractivity contribution in [1.82, 2.24) is 0 Å². The molecule has 2 aromatic rings. The van der Waals surface area contributed by atoms with Crippen LogP contribution in [0.4, 0.5) is 0 Å². The molecule has 1 atom stereocenters. The molecule has 0 aliphatic carbocycles. The summed E-state index contributed by atoms with van der Waals surface area (Å²) < 4.78 is 17.8. The van der Waals surface area contributed by atoms with Gasteiger partial charge in [0, 0.05) is 14.9 Å². The van der Waals surface area contributed by atoms with E-state index in [0.717, 1.165) is 14.9 Å². The number of rotatable bonds is 5. The first-order valence-corrected chi connectivity index (χ1v) is 8.81. The number of methoxy groups -OCH3 is 3. The van der Waals surface area contributed by atoms with E-state index in [4.69, 9.17) is 25.8 Å². The molecule has 3 nitrogen and oxygen atoms in total. The van der Waals surface area contributed by atoms with Crippen molar-refractivity contribution in [3.8, 4) is 17.2 Å². The molecule has 0 amide bonds. The molecule has 114 valence electrons. The number of hydrogen-bond acceptors (Lipinski definition) is 4. The molecule has 1 aromatic carbocycles. The van der Waals surface area contributed by atoms with E-state index < -0.39 is 0 Å². The second-order valence-electron chi connectivity index (χ2n) is 4.06. The summed E-state index contributed by atoms with van der Waals surface area (Å²) in [6.07, 6.45) is 0. The second kappa shape index (κ2) is 7.22. The van der Waals surface area contributed by atoms with Crippen LogP contribution in [0.25, 0.3) is 0 Å². The number of benzene rings is 1. The van der Waals surface area contributed by atoms with Crippen LogP contribution in [0.3, 0.4) is 0 Å². The van der Waals surface area contributed by atoms with Gasteiger partial charge in [-0.15, -0.1) is 11.3 Å². The number of thiophene rings is 1. The number of alkyl halides is 1. The molecule has 0 bridgehead atoms. The Morgan fingerprint density at radius 3 is 2.24 bits per heavy atom. The number of ether oxygens (including phenoxy) is 3. The lowest BCUT2D eigenvalue weighted by molar-refractivity contribution is 0.322. The van der Waals surface area contributed by atoms with E-state index >= 15 is 0 Å². The van der Waals surface area contributed by atoms with Crippen LogP contribution >= 0.6 is 54.8 Å². The topological polar surface area (TPSA) is 27.7 Å². The Hall–Kier alpha value is -0.430. The van der Waals surface area contributed by atoms with Crippen molar-refractivity contribution in [2.75, 3.05) is 21.3 Å². The first-order chi connectivity index (χ1) is 10.0. The average Bonchev–Trinajstić information content (AvgIpc) is 2.84. The summed E-state index contributed by atoms with van der Waals surface area (Å²) in [6.45, 7) is 0. The van der Waals surface area contributed by atoms with Crippen molar-refractivity contribution in [3.05, 3.63) is 37.4 Å². The molecule has 0 aliphatic heterocycles. The predicted octanol–water partition coefficient (Wildman–Crippen LogP) is 5.67. The van der Waals surface area contributed by atoms with Gasteiger partial charge in [0.2, 0.25) is 5.75 Å². The summed E-state index contributed by atoms with van der Waals surface area (Å²) in [6, 6.07) is 5.79. The lowest BCUT2D eigenvalue weighted by atomic mass is 10.1. The van der Waals surface area contributed by atoms with Gasteiger partial charge in [-0.1, -0.05) is 27.5 Å². The third kappa shape index (κ3) is 3.33. The molecule has 0 aliphatic rings. The molecule has 0 saturated carbocycles. The maximum Gasteiger partial charge on any atom is 0.203 e. The summed E-state index contributed by atoms with van der Waals surface area (Å²) in [5.74, 6) is 1.84. The van der Waals surface area contributed by atoms with Gasteiger partial charge in [0.05, 0.1) is 26.2 Å². The van der Waals surface area contributed by atoms with E-state index in [1.165, 1.54) is 11.3 Å². The zero-order chi connectivity index (χ0) is 15.6. The molecular formula is C14H13Br2ClO3S. The van der Waals surface area contributed by atoms with Crippen molar-refractivity contribution in [2.24, 2.45) is 0 Å². The van der Waals surface area contributed by atoms with Crippen LogP contribution in [0.2, 0.25) is 4.34 Å². The fraction of sp³-hybridized carbons (Fsp3) is 0.286. The van der Waals surface area contributed by atoms with Crippen LogP contribution < -0.4 is 14.2 Å². The Morgan fingerprint density at radius 1 is 1.10 bits per heavy atom. The molecule has 0 spiro atoms. The summed E-state index contributed by atoms with van der Waals surface area (Å²) in [4.78, 5) is 1.01. The van der Waals surface area contributed by atoms with Crippen LogP contribution in [0.15, 0.2) is 22.7 Å². The monoisotopic (exact) mass is 454 g/mol. The molecule has 0 saturated heterocycles. The van der Waals surface area contributed by atoms with E-state index in [9.17, 15) is 0 Å². The summed E-state index contributed by atoms with van der Waals surface area (Å²) in [5.41, 5.74) is 0.945. The van der Waals surface area contributed by atoms with Crippen molar-refractivity contribution in [3.63, 3.8) is 0 Å². The predicted molar refractivity (Wildman–Crippen MR) is 93.9 cm³/mol. The lowest BCUT2D eigenvalue weighted by Crippen LogP contribution is -2.00. The molecule has 0 radical (unpaired) electrons. The maximum absolute atomic E-state index is 6.12. The average molecular weight is 457 g/mol. The first-order valence-electron chi connectivity index (χ1n) is 5.91. The Balaban J connectivity index is 2.52. The molecule has 7 heteroatoms. The molecule has 1 heterocycles. The van der Waals surface area contributed by atoms with Crippen molar-refractivity contribution in [1.29, 1.82) is 0 Å². The molecule has 1 unspecified atom stereocenters. The maximum atomic E-state index is 6.12. The van der Waals surface area contributed by atoms with Crippen LogP contribution in [-0.4, -0.2) is 21.3 Å². The van der Waals surface area contributed by atoms with Crippen LogP contribution in [0.1, 0.15) is 15.3 Å². The zero-order valence-electron chi connectivity index (χ0n) is 11.6. The Labute approximate surface area is 149 Å². The second-order valence-corrected chi connectivity index (χ2v) is 7.51. The minimum Gasteiger partial charge on any atom is -0.493 e. The highest BCUT2D eigenvalue weighted by Crippen LogP contribution is 2.48. The van der Waals surface area contributed by atoms with Crippen LogP contribution in [0.5, 0.6) is 17.2 Å². The third-order valence-corrected chi connectivity index (χ3v) is 6.75. The Kier molecular flexibility index (Phi) is 5.82. The van der Waals surface area contributed by atoms with Gasteiger partial charge >= 0.3 is 0 Å². The smallest absolute Gasteiger partial charge is 0.203 e. The van der Waals surface area contributed by atoms with E-state index in [2.05, 4.69) is 31.9 Å². The molecule has 0 fully saturated rings. The molecular weight excluding hydrogens is 443 g/mol. The van der Waals surface area contributed by atoms with Gasteiger partial charge in [0.25, 0.3) is 0 Å².